The van der Waals surface area contributed by atoms with Crippen LogP contribution < -0.4 is 15.0 Å². The molecule has 6 nitrogen and oxygen atoms in total. The van der Waals surface area contributed by atoms with Crippen LogP contribution in [0.4, 0.5) is 5.69 Å². The summed E-state index contributed by atoms with van der Waals surface area (Å²) in [7, 11) is 0. The summed E-state index contributed by atoms with van der Waals surface area (Å²) in [5, 5.41) is 7.49. The number of nitrogens with zero attached hydrogens (tertiary/aromatic N) is 2. The Morgan fingerprint density at radius 2 is 1.92 bits per heavy atom. The van der Waals surface area contributed by atoms with E-state index in [0.717, 1.165) is 82.9 Å². The van der Waals surface area contributed by atoms with Crippen molar-refractivity contribution in [2.45, 2.75) is 50.7 Å². The molecule has 0 radical (unpaired) electrons. The third-order valence-corrected chi connectivity index (χ3v) is 9.50. The van der Waals surface area contributed by atoms with E-state index < -0.39 is 0 Å². The minimum absolute atomic E-state index is 0.00366. The number of ether oxygens (including phenoxy) is 2. The normalized spacial score (nSPS) is 21.5. The number of rotatable bonds is 9. The number of hydrogen-bond acceptors (Lipinski definition) is 6. The zero-order chi connectivity index (χ0) is 26.6. The van der Waals surface area contributed by atoms with E-state index in [-0.39, 0.29) is 24.0 Å². The van der Waals surface area contributed by atoms with Crippen LogP contribution in [-0.4, -0.2) is 68.9 Å². The molecule has 1 amide bonds. The van der Waals surface area contributed by atoms with Gasteiger partial charge in [0.2, 0.25) is 5.91 Å². The number of anilines is 1. The van der Waals surface area contributed by atoms with Gasteiger partial charge in [0.05, 0.1) is 24.2 Å². The molecule has 2 unspecified atom stereocenters. The number of halogens is 1. The molecule has 39 heavy (non-hydrogen) atoms. The lowest BCUT2D eigenvalue weighted by Crippen LogP contribution is -2.46. The minimum atomic E-state index is 0.00366. The van der Waals surface area contributed by atoms with Crippen LogP contribution >= 0.6 is 22.9 Å². The highest BCUT2D eigenvalue weighted by atomic mass is 35.5. The molecular formula is C31H38ClN3O3S. The third-order valence-electron chi connectivity index (χ3n) is 8.33. The Kier molecular flexibility index (Phi) is 8.59. The smallest absolute Gasteiger partial charge is 0.225 e. The second-order valence-corrected chi connectivity index (χ2v) is 12.5. The number of nitrogens with one attached hydrogen (secondary N) is 1. The second kappa shape index (κ2) is 12.5. The van der Waals surface area contributed by atoms with Crippen LogP contribution in [0.2, 0.25) is 5.02 Å². The van der Waals surface area contributed by atoms with E-state index in [4.69, 9.17) is 21.1 Å². The van der Waals surface area contributed by atoms with Crippen LogP contribution in [0.25, 0.3) is 10.1 Å². The number of hydrogen-bond donors (Lipinski definition) is 1. The first kappa shape index (κ1) is 26.9. The van der Waals surface area contributed by atoms with Crippen LogP contribution in [-0.2, 0) is 16.0 Å². The van der Waals surface area contributed by atoms with Gasteiger partial charge in [0.15, 0.2) is 0 Å². The summed E-state index contributed by atoms with van der Waals surface area (Å²) < 4.78 is 12.9. The molecule has 8 heteroatoms. The van der Waals surface area contributed by atoms with E-state index in [9.17, 15) is 4.79 Å². The molecule has 3 aliphatic heterocycles. The lowest BCUT2D eigenvalue weighted by atomic mass is 10.0. The lowest BCUT2D eigenvalue weighted by molar-refractivity contribution is -0.125. The summed E-state index contributed by atoms with van der Waals surface area (Å²) >= 11 is 8.43. The Morgan fingerprint density at radius 3 is 2.74 bits per heavy atom. The van der Waals surface area contributed by atoms with Gasteiger partial charge in [0.25, 0.3) is 0 Å². The summed E-state index contributed by atoms with van der Waals surface area (Å²) in [6.45, 7) is 6.23. The molecule has 1 N–H and O–H groups in total. The molecular weight excluding hydrogens is 530 g/mol. The van der Waals surface area contributed by atoms with Crippen LogP contribution in [0.1, 0.15) is 37.7 Å². The van der Waals surface area contributed by atoms with Crippen molar-refractivity contribution in [2.24, 2.45) is 5.92 Å². The van der Waals surface area contributed by atoms with Gasteiger partial charge < -0.3 is 24.6 Å². The van der Waals surface area contributed by atoms with Gasteiger partial charge in [0, 0.05) is 48.9 Å². The molecule has 1 aromatic heterocycles. The van der Waals surface area contributed by atoms with Crippen LogP contribution in [0.15, 0.2) is 47.8 Å². The van der Waals surface area contributed by atoms with Gasteiger partial charge in [-0.05, 0) is 85.4 Å². The molecule has 0 saturated carbocycles. The Bertz CT molecular complexity index is 1270. The van der Waals surface area contributed by atoms with Crippen molar-refractivity contribution >= 4 is 44.6 Å². The van der Waals surface area contributed by atoms with Crippen molar-refractivity contribution in [3.63, 3.8) is 0 Å². The summed E-state index contributed by atoms with van der Waals surface area (Å²) in [6, 6.07) is 14.9. The molecule has 2 aromatic carbocycles. The van der Waals surface area contributed by atoms with Gasteiger partial charge in [-0.1, -0.05) is 23.7 Å². The molecule has 208 valence electrons. The first-order valence-electron chi connectivity index (χ1n) is 14.4. The van der Waals surface area contributed by atoms with Gasteiger partial charge in [-0.3, -0.25) is 4.79 Å². The first-order valence-corrected chi connectivity index (χ1v) is 15.6. The molecule has 0 aliphatic carbocycles. The molecule has 0 spiro atoms. The average molecular weight is 568 g/mol. The minimum Gasteiger partial charge on any atom is -0.489 e. The lowest BCUT2D eigenvalue weighted by Gasteiger charge is -2.27. The predicted octanol–water partition coefficient (Wildman–Crippen LogP) is 5.76. The Labute approximate surface area is 240 Å². The molecule has 2 atom stereocenters. The van der Waals surface area contributed by atoms with Crippen molar-refractivity contribution in [1.29, 1.82) is 0 Å². The van der Waals surface area contributed by atoms with E-state index in [2.05, 4.69) is 50.8 Å². The monoisotopic (exact) mass is 567 g/mol. The first-order chi connectivity index (χ1) is 19.1. The molecule has 3 aliphatic rings. The van der Waals surface area contributed by atoms with Crippen molar-refractivity contribution in [2.75, 3.05) is 50.8 Å². The number of fused-ring (bicyclic) bond motifs is 1. The maximum atomic E-state index is 13.5. The second-order valence-electron chi connectivity index (χ2n) is 11.2. The van der Waals surface area contributed by atoms with E-state index in [1.807, 2.05) is 12.1 Å². The number of carbonyl (C=O) groups excluding carboxylic acids is 1. The third kappa shape index (κ3) is 6.71. The number of thiophene rings is 1. The molecule has 3 aromatic rings. The highest BCUT2D eigenvalue weighted by Gasteiger charge is 2.31. The van der Waals surface area contributed by atoms with Crippen molar-refractivity contribution in [3.8, 4) is 5.75 Å². The van der Waals surface area contributed by atoms with Crippen LogP contribution in [0.3, 0.4) is 0 Å². The zero-order valence-electron chi connectivity index (χ0n) is 22.4. The fourth-order valence-corrected chi connectivity index (χ4v) is 7.20. The van der Waals surface area contributed by atoms with Gasteiger partial charge >= 0.3 is 0 Å². The summed E-state index contributed by atoms with van der Waals surface area (Å²) in [5.74, 6) is 0.910. The van der Waals surface area contributed by atoms with Gasteiger partial charge in [-0.2, -0.15) is 0 Å². The highest BCUT2D eigenvalue weighted by molar-refractivity contribution is 7.17. The van der Waals surface area contributed by atoms with E-state index in [1.54, 1.807) is 11.3 Å². The van der Waals surface area contributed by atoms with E-state index in [1.165, 1.54) is 28.6 Å². The average Bonchev–Trinajstić information content (AvgIpc) is 3.72. The summed E-state index contributed by atoms with van der Waals surface area (Å²) in [6.07, 6.45) is 6.04. The molecule has 0 bridgehead atoms. The van der Waals surface area contributed by atoms with Gasteiger partial charge in [-0.25, -0.2) is 0 Å². The molecule has 3 fully saturated rings. The number of amides is 1. The quantitative estimate of drug-likeness (QED) is 0.356. The maximum Gasteiger partial charge on any atom is 0.225 e. The number of likely N-dealkylation sites (tertiary alicyclic amines) is 1. The molecule has 6 rings (SSSR count). The molecule has 3 saturated heterocycles. The largest absolute Gasteiger partial charge is 0.489 e. The fourth-order valence-electron chi connectivity index (χ4n) is 6.13. The van der Waals surface area contributed by atoms with E-state index >= 15 is 0 Å². The topological polar surface area (TPSA) is 54.0 Å². The van der Waals surface area contributed by atoms with Crippen molar-refractivity contribution in [1.82, 2.24) is 10.2 Å². The maximum absolute atomic E-state index is 13.5. The van der Waals surface area contributed by atoms with Crippen LogP contribution in [0.5, 0.6) is 5.75 Å². The Balaban J connectivity index is 1.09. The van der Waals surface area contributed by atoms with Gasteiger partial charge in [0.1, 0.15) is 11.9 Å². The zero-order valence-corrected chi connectivity index (χ0v) is 24.0. The fraction of sp³-hybridized carbons (Fsp3) is 0.516. The van der Waals surface area contributed by atoms with Gasteiger partial charge in [-0.15, -0.1) is 11.3 Å². The van der Waals surface area contributed by atoms with Crippen molar-refractivity contribution in [3.05, 3.63) is 58.4 Å². The molecule has 4 heterocycles. The van der Waals surface area contributed by atoms with Crippen LogP contribution in [0, 0.1) is 5.92 Å². The number of benzene rings is 2. The van der Waals surface area contributed by atoms with E-state index in [0.29, 0.717) is 5.02 Å². The Morgan fingerprint density at radius 1 is 1.08 bits per heavy atom. The summed E-state index contributed by atoms with van der Waals surface area (Å²) in [4.78, 5) is 18.3. The Hall–Kier alpha value is -2.32. The SMILES string of the molecule is O=C(NC(Cc1ccc(OC2CCOCC2)c(Cl)c1)CN1CCCC1)C1CCN(c2ccc3ccsc3c2)C1. The van der Waals surface area contributed by atoms with Crippen molar-refractivity contribution < 1.29 is 14.3 Å². The summed E-state index contributed by atoms with van der Waals surface area (Å²) in [5.41, 5.74) is 2.34. The standard InChI is InChI=1S/C31H38ClN3O3S/c32-28-18-22(3-6-29(28)38-27-8-14-37-15-9-27)17-25(21-34-11-1-2-12-34)33-31(36)24-7-13-35(20-24)26-5-4-23-10-16-39-30(23)19-26/h3-6,10,16,18-19,24-25,27H,1-2,7-9,11-15,17,20-21H2,(H,33,36). The predicted molar refractivity (Wildman–Crippen MR) is 159 cm³/mol. The highest BCUT2D eigenvalue weighted by Crippen LogP contribution is 2.31. The number of carbonyl (C=O) groups is 1.